The molecule has 112 valence electrons. The quantitative estimate of drug-likeness (QED) is 0.821. The fraction of sp³-hybridized carbons (Fsp3) is 1.00. The molecule has 0 aromatic rings. The summed E-state index contributed by atoms with van der Waals surface area (Å²) in [6, 6.07) is 0.806. The highest BCUT2D eigenvalue weighted by Gasteiger charge is 2.49. The number of hydrogen-bond donors (Lipinski definition) is 1. The van der Waals surface area contributed by atoms with Crippen molar-refractivity contribution in [3.8, 4) is 0 Å². The smallest absolute Gasteiger partial charge is 0.101 e. The minimum Gasteiger partial charge on any atom is -0.386 e. The van der Waals surface area contributed by atoms with Crippen LogP contribution in [0.5, 0.6) is 0 Å². The van der Waals surface area contributed by atoms with Crippen LogP contribution in [0.15, 0.2) is 0 Å². The lowest BCUT2D eigenvalue weighted by atomic mass is 9.77. The van der Waals surface area contributed by atoms with Crippen molar-refractivity contribution < 1.29 is 9.84 Å². The predicted octanol–water partition coefficient (Wildman–Crippen LogP) is 1.33. The molecule has 0 saturated carbocycles. The first-order chi connectivity index (χ1) is 8.76. The van der Waals surface area contributed by atoms with Crippen LogP contribution >= 0.6 is 0 Å². The maximum absolute atomic E-state index is 10.5. The van der Waals surface area contributed by atoms with E-state index in [1.807, 2.05) is 6.92 Å². The topological polar surface area (TPSA) is 35.9 Å². The molecule has 0 aromatic carbocycles. The van der Waals surface area contributed by atoms with Crippen molar-refractivity contribution in [1.82, 2.24) is 9.80 Å². The minimum absolute atomic E-state index is 0.0113. The third-order valence-corrected chi connectivity index (χ3v) is 5.02. The largest absolute Gasteiger partial charge is 0.386 e. The van der Waals surface area contributed by atoms with Crippen molar-refractivity contribution in [1.29, 1.82) is 0 Å². The molecule has 0 unspecified atom stereocenters. The lowest BCUT2D eigenvalue weighted by Crippen LogP contribution is -2.63. The number of aliphatic hydroxyl groups is 1. The summed E-state index contributed by atoms with van der Waals surface area (Å²) in [6.07, 6.45) is 3.12. The van der Waals surface area contributed by atoms with Crippen LogP contribution in [0.4, 0.5) is 0 Å². The highest BCUT2D eigenvalue weighted by Crippen LogP contribution is 2.39. The van der Waals surface area contributed by atoms with Gasteiger partial charge in [-0.15, -0.1) is 0 Å². The average Bonchev–Trinajstić information content (AvgIpc) is 2.33. The summed E-state index contributed by atoms with van der Waals surface area (Å²) in [4.78, 5) is 4.67. The first kappa shape index (κ1) is 15.2. The fourth-order valence-electron chi connectivity index (χ4n) is 3.56. The van der Waals surface area contributed by atoms with Crippen LogP contribution in [0.3, 0.4) is 0 Å². The molecule has 2 rings (SSSR count). The van der Waals surface area contributed by atoms with Crippen LogP contribution < -0.4 is 0 Å². The molecule has 1 N–H and O–H groups in total. The summed E-state index contributed by atoms with van der Waals surface area (Å²) in [5.74, 6) is 0. The van der Waals surface area contributed by atoms with Crippen LogP contribution in [0, 0.1) is 0 Å². The summed E-state index contributed by atoms with van der Waals surface area (Å²) in [5, 5.41) is 10.5. The normalized spacial score (nSPS) is 36.3. The number of nitrogens with zero attached hydrogens (tertiary/aromatic N) is 2. The van der Waals surface area contributed by atoms with E-state index in [4.69, 9.17) is 4.74 Å². The Labute approximate surface area is 117 Å². The molecule has 2 atom stereocenters. The zero-order valence-corrected chi connectivity index (χ0v) is 13.1. The highest BCUT2D eigenvalue weighted by molar-refractivity contribution is 5.02. The Morgan fingerprint density at radius 1 is 1.26 bits per heavy atom. The maximum Gasteiger partial charge on any atom is 0.101 e. The summed E-state index contributed by atoms with van der Waals surface area (Å²) in [5.41, 5.74) is -0.744. The van der Waals surface area contributed by atoms with Gasteiger partial charge < -0.3 is 19.6 Å². The molecule has 2 aliphatic heterocycles. The van der Waals surface area contributed by atoms with E-state index in [0.717, 1.165) is 32.4 Å². The maximum atomic E-state index is 10.5. The third kappa shape index (κ3) is 3.13. The van der Waals surface area contributed by atoms with E-state index in [1.54, 1.807) is 0 Å². The zero-order chi connectivity index (χ0) is 14.3. The number of likely N-dealkylation sites (tertiary alicyclic amines) is 1. The Hall–Kier alpha value is -0.160. The van der Waals surface area contributed by atoms with Gasteiger partial charge in [0.1, 0.15) is 5.60 Å². The van der Waals surface area contributed by atoms with E-state index in [-0.39, 0.29) is 11.6 Å². The molecular weight excluding hydrogens is 240 g/mol. The van der Waals surface area contributed by atoms with Gasteiger partial charge in [-0.1, -0.05) is 0 Å². The molecule has 0 bridgehead atoms. The van der Waals surface area contributed by atoms with Crippen LogP contribution in [0.1, 0.15) is 40.0 Å². The van der Waals surface area contributed by atoms with Gasteiger partial charge in [0.05, 0.1) is 12.2 Å². The van der Waals surface area contributed by atoms with Gasteiger partial charge in [0.25, 0.3) is 0 Å². The fourth-order valence-corrected chi connectivity index (χ4v) is 3.56. The van der Waals surface area contributed by atoms with Gasteiger partial charge >= 0.3 is 0 Å². The van der Waals surface area contributed by atoms with Crippen LogP contribution in [-0.2, 0) is 4.74 Å². The number of piperidine rings is 1. The molecule has 2 fully saturated rings. The van der Waals surface area contributed by atoms with Crippen molar-refractivity contribution >= 4 is 0 Å². The monoisotopic (exact) mass is 270 g/mol. The molecule has 2 aliphatic rings. The Morgan fingerprint density at radius 2 is 1.84 bits per heavy atom. The Bertz CT molecular complexity index is 307. The van der Waals surface area contributed by atoms with Gasteiger partial charge in [0.15, 0.2) is 0 Å². The van der Waals surface area contributed by atoms with Gasteiger partial charge in [0.2, 0.25) is 0 Å². The van der Waals surface area contributed by atoms with Crippen LogP contribution in [0.2, 0.25) is 0 Å². The SMILES string of the molecule is CC(C)N1CCC2(CC1)C[C@H](N(C)C)[C@@](C)(O)CO2. The van der Waals surface area contributed by atoms with Crippen molar-refractivity contribution in [3.63, 3.8) is 0 Å². The molecule has 2 heterocycles. The Balaban J connectivity index is 2.03. The molecule has 0 aromatic heterocycles. The standard InChI is InChI=1S/C15H30N2O2/c1-12(2)17-8-6-15(7-9-17)10-13(16(4)5)14(3,18)11-19-15/h12-13,18H,6-11H2,1-5H3/t13-,14-/m0/s1. The van der Waals surface area contributed by atoms with E-state index in [1.165, 1.54) is 0 Å². The second-order valence-electron chi connectivity index (χ2n) is 7.14. The van der Waals surface area contributed by atoms with Gasteiger partial charge in [-0.3, -0.25) is 0 Å². The minimum atomic E-state index is -0.732. The van der Waals surface area contributed by atoms with E-state index in [9.17, 15) is 5.11 Å². The highest BCUT2D eigenvalue weighted by atomic mass is 16.5. The van der Waals surface area contributed by atoms with E-state index < -0.39 is 5.60 Å². The van der Waals surface area contributed by atoms with Gasteiger partial charge in [-0.2, -0.15) is 0 Å². The van der Waals surface area contributed by atoms with Gasteiger partial charge in [-0.05, 0) is 54.1 Å². The average molecular weight is 270 g/mol. The Morgan fingerprint density at radius 3 is 2.32 bits per heavy atom. The van der Waals surface area contributed by atoms with E-state index >= 15 is 0 Å². The summed E-state index contributed by atoms with van der Waals surface area (Å²) in [7, 11) is 4.11. The lowest BCUT2D eigenvalue weighted by molar-refractivity contribution is -0.207. The molecule has 0 radical (unpaired) electrons. The lowest BCUT2D eigenvalue weighted by Gasteiger charge is -2.52. The number of likely N-dealkylation sites (N-methyl/N-ethyl adjacent to an activating group) is 1. The van der Waals surface area contributed by atoms with Crippen molar-refractivity contribution in [2.45, 2.75) is 63.3 Å². The molecule has 19 heavy (non-hydrogen) atoms. The van der Waals surface area contributed by atoms with E-state index in [2.05, 4.69) is 37.7 Å². The molecule has 0 amide bonds. The second kappa shape index (κ2) is 5.32. The van der Waals surface area contributed by atoms with Crippen molar-refractivity contribution in [2.24, 2.45) is 0 Å². The summed E-state index contributed by atoms with van der Waals surface area (Å²) in [6.45, 7) is 9.09. The molecule has 0 aliphatic carbocycles. The van der Waals surface area contributed by atoms with Gasteiger partial charge in [-0.25, -0.2) is 0 Å². The third-order valence-electron chi connectivity index (χ3n) is 5.02. The predicted molar refractivity (Wildman–Crippen MR) is 77.3 cm³/mol. The summed E-state index contributed by atoms with van der Waals surface area (Å²) >= 11 is 0. The first-order valence-corrected chi connectivity index (χ1v) is 7.53. The van der Waals surface area contributed by atoms with Crippen molar-refractivity contribution in [2.75, 3.05) is 33.8 Å². The van der Waals surface area contributed by atoms with E-state index in [0.29, 0.717) is 12.6 Å². The van der Waals surface area contributed by atoms with Crippen LogP contribution in [-0.4, -0.2) is 72.0 Å². The molecule has 1 spiro atoms. The summed E-state index contributed by atoms with van der Waals surface area (Å²) < 4.78 is 6.13. The Kier molecular flexibility index (Phi) is 4.26. The zero-order valence-electron chi connectivity index (χ0n) is 13.1. The molecule has 2 saturated heterocycles. The molecule has 4 heteroatoms. The van der Waals surface area contributed by atoms with Crippen LogP contribution in [0.25, 0.3) is 0 Å². The number of rotatable bonds is 2. The number of ether oxygens (including phenoxy) is 1. The number of hydrogen-bond acceptors (Lipinski definition) is 4. The molecular formula is C15H30N2O2. The van der Waals surface area contributed by atoms with Crippen molar-refractivity contribution in [3.05, 3.63) is 0 Å². The molecule has 4 nitrogen and oxygen atoms in total. The second-order valence-corrected chi connectivity index (χ2v) is 7.14. The van der Waals surface area contributed by atoms with Gasteiger partial charge in [0, 0.05) is 25.2 Å². The first-order valence-electron chi connectivity index (χ1n) is 7.53.